The molecule has 0 bridgehead atoms. The molecule has 1 saturated carbocycles. The molecule has 1 aliphatic carbocycles. The largest absolute Gasteiger partial charge is 0.315 e. The van der Waals surface area contributed by atoms with Crippen LogP contribution in [0.1, 0.15) is 39.0 Å². The van der Waals surface area contributed by atoms with Gasteiger partial charge < -0.3 is 10.2 Å². The predicted octanol–water partition coefficient (Wildman–Crippen LogP) is 2.11. The summed E-state index contributed by atoms with van der Waals surface area (Å²) in [4.78, 5) is 2.48. The van der Waals surface area contributed by atoms with Gasteiger partial charge in [-0.1, -0.05) is 19.8 Å². The second-order valence-corrected chi connectivity index (χ2v) is 4.70. The standard InChI is InChI=1S/C12H26N2/c1-4-5-6-9-14(3)10-12(13-2)11-7-8-11/h11-13H,4-10H2,1-3H3. The van der Waals surface area contributed by atoms with Gasteiger partial charge >= 0.3 is 0 Å². The van der Waals surface area contributed by atoms with Crippen LogP contribution in [0.5, 0.6) is 0 Å². The fourth-order valence-electron chi connectivity index (χ4n) is 2.03. The minimum atomic E-state index is 0.738. The Labute approximate surface area is 89.1 Å². The maximum atomic E-state index is 3.44. The monoisotopic (exact) mass is 198 g/mol. The molecule has 0 aromatic carbocycles. The van der Waals surface area contributed by atoms with E-state index < -0.39 is 0 Å². The summed E-state index contributed by atoms with van der Waals surface area (Å²) in [5.74, 6) is 0.966. The van der Waals surface area contributed by atoms with E-state index in [0.29, 0.717) is 0 Å². The van der Waals surface area contributed by atoms with Crippen LogP contribution < -0.4 is 5.32 Å². The van der Waals surface area contributed by atoms with Crippen LogP contribution >= 0.6 is 0 Å². The van der Waals surface area contributed by atoms with Crippen molar-refractivity contribution in [1.29, 1.82) is 0 Å². The van der Waals surface area contributed by atoms with Gasteiger partial charge in [-0.2, -0.15) is 0 Å². The summed E-state index contributed by atoms with van der Waals surface area (Å²) >= 11 is 0. The third-order valence-electron chi connectivity index (χ3n) is 3.21. The van der Waals surface area contributed by atoms with Crippen molar-refractivity contribution in [2.24, 2.45) is 5.92 Å². The average molecular weight is 198 g/mol. The third kappa shape index (κ3) is 4.43. The first-order valence-electron chi connectivity index (χ1n) is 6.13. The highest BCUT2D eigenvalue weighted by atomic mass is 15.1. The topological polar surface area (TPSA) is 15.3 Å². The SMILES string of the molecule is CCCCCN(C)CC(NC)C1CC1. The maximum Gasteiger partial charge on any atom is 0.0220 e. The Balaban J connectivity index is 2.07. The zero-order chi connectivity index (χ0) is 10.4. The van der Waals surface area contributed by atoms with Crippen molar-refractivity contribution in [2.75, 3.05) is 27.2 Å². The van der Waals surface area contributed by atoms with Gasteiger partial charge in [0.05, 0.1) is 0 Å². The molecular formula is C12H26N2. The van der Waals surface area contributed by atoms with Gasteiger partial charge in [0.2, 0.25) is 0 Å². The molecule has 1 aliphatic rings. The number of unbranched alkanes of at least 4 members (excludes halogenated alkanes) is 2. The average Bonchev–Trinajstić information content (AvgIpc) is 2.98. The second-order valence-electron chi connectivity index (χ2n) is 4.70. The molecule has 84 valence electrons. The Morgan fingerprint density at radius 1 is 1.36 bits per heavy atom. The van der Waals surface area contributed by atoms with E-state index in [1.165, 1.54) is 45.2 Å². The number of hydrogen-bond acceptors (Lipinski definition) is 2. The van der Waals surface area contributed by atoms with Crippen molar-refractivity contribution >= 4 is 0 Å². The molecule has 1 N–H and O–H groups in total. The van der Waals surface area contributed by atoms with E-state index in [4.69, 9.17) is 0 Å². The predicted molar refractivity (Wildman–Crippen MR) is 62.6 cm³/mol. The smallest absolute Gasteiger partial charge is 0.0220 e. The van der Waals surface area contributed by atoms with E-state index in [2.05, 4.69) is 31.2 Å². The molecular weight excluding hydrogens is 172 g/mol. The van der Waals surface area contributed by atoms with Gasteiger partial charge in [-0.25, -0.2) is 0 Å². The van der Waals surface area contributed by atoms with Crippen LogP contribution in [-0.2, 0) is 0 Å². The molecule has 0 aromatic rings. The summed E-state index contributed by atoms with van der Waals surface area (Å²) in [6.45, 7) is 4.75. The molecule has 0 aliphatic heterocycles. The molecule has 1 rings (SSSR count). The third-order valence-corrected chi connectivity index (χ3v) is 3.21. The van der Waals surface area contributed by atoms with Crippen molar-refractivity contribution < 1.29 is 0 Å². The van der Waals surface area contributed by atoms with Crippen LogP contribution in [-0.4, -0.2) is 38.1 Å². The molecule has 0 aromatic heterocycles. The Morgan fingerprint density at radius 2 is 2.07 bits per heavy atom. The van der Waals surface area contributed by atoms with Crippen molar-refractivity contribution in [1.82, 2.24) is 10.2 Å². The van der Waals surface area contributed by atoms with E-state index in [1.807, 2.05) is 0 Å². The first kappa shape index (κ1) is 12.0. The highest BCUT2D eigenvalue weighted by molar-refractivity contribution is 4.87. The Bertz CT molecular complexity index is 143. The molecule has 0 amide bonds. The molecule has 2 nitrogen and oxygen atoms in total. The highest BCUT2D eigenvalue weighted by Gasteiger charge is 2.30. The molecule has 0 heterocycles. The fourth-order valence-corrected chi connectivity index (χ4v) is 2.03. The van der Waals surface area contributed by atoms with Crippen molar-refractivity contribution in [3.63, 3.8) is 0 Å². The van der Waals surface area contributed by atoms with E-state index in [0.717, 1.165) is 12.0 Å². The Morgan fingerprint density at radius 3 is 2.57 bits per heavy atom. The fraction of sp³-hybridized carbons (Fsp3) is 1.00. The van der Waals surface area contributed by atoms with Gasteiger partial charge in [-0.05, 0) is 45.8 Å². The molecule has 1 atom stereocenters. The molecule has 1 fully saturated rings. The Kier molecular flexibility index (Phi) is 5.49. The van der Waals surface area contributed by atoms with Crippen LogP contribution in [0.3, 0.4) is 0 Å². The van der Waals surface area contributed by atoms with Gasteiger partial charge in [0.15, 0.2) is 0 Å². The normalized spacial score (nSPS) is 18.9. The van der Waals surface area contributed by atoms with Crippen LogP contribution in [0.15, 0.2) is 0 Å². The van der Waals surface area contributed by atoms with Crippen LogP contribution in [0, 0.1) is 5.92 Å². The van der Waals surface area contributed by atoms with Crippen molar-refractivity contribution in [3.8, 4) is 0 Å². The van der Waals surface area contributed by atoms with E-state index in [1.54, 1.807) is 0 Å². The highest BCUT2D eigenvalue weighted by Crippen LogP contribution is 2.32. The van der Waals surface area contributed by atoms with Crippen LogP contribution in [0.25, 0.3) is 0 Å². The van der Waals surface area contributed by atoms with Crippen LogP contribution in [0.4, 0.5) is 0 Å². The van der Waals surface area contributed by atoms with Gasteiger partial charge in [-0.15, -0.1) is 0 Å². The first-order valence-corrected chi connectivity index (χ1v) is 6.13. The second kappa shape index (κ2) is 6.41. The number of rotatable bonds is 8. The van der Waals surface area contributed by atoms with Crippen molar-refractivity contribution in [2.45, 2.75) is 45.1 Å². The lowest BCUT2D eigenvalue weighted by atomic mass is 10.1. The lowest BCUT2D eigenvalue weighted by molar-refractivity contribution is 0.275. The maximum absolute atomic E-state index is 3.44. The number of nitrogens with zero attached hydrogens (tertiary/aromatic N) is 1. The number of hydrogen-bond donors (Lipinski definition) is 1. The van der Waals surface area contributed by atoms with E-state index >= 15 is 0 Å². The summed E-state index contributed by atoms with van der Waals surface area (Å²) in [6, 6.07) is 0.738. The lowest BCUT2D eigenvalue weighted by Gasteiger charge is -2.23. The zero-order valence-electron chi connectivity index (χ0n) is 10.1. The van der Waals surface area contributed by atoms with Gasteiger partial charge in [0, 0.05) is 12.6 Å². The zero-order valence-corrected chi connectivity index (χ0v) is 10.1. The minimum absolute atomic E-state index is 0.738. The van der Waals surface area contributed by atoms with Crippen LogP contribution in [0.2, 0.25) is 0 Å². The quantitative estimate of drug-likeness (QED) is 0.601. The lowest BCUT2D eigenvalue weighted by Crippen LogP contribution is -2.39. The van der Waals surface area contributed by atoms with Gasteiger partial charge in [0.25, 0.3) is 0 Å². The molecule has 2 heteroatoms. The summed E-state index contributed by atoms with van der Waals surface area (Å²) in [6.07, 6.45) is 6.93. The van der Waals surface area contributed by atoms with Gasteiger partial charge in [0.1, 0.15) is 0 Å². The van der Waals surface area contributed by atoms with Crippen molar-refractivity contribution in [3.05, 3.63) is 0 Å². The minimum Gasteiger partial charge on any atom is -0.315 e. The van der Waals surface area contributed by atoms with E-state index in [-0.39, 0.29) is 0 Å². The molecule has 0 radical (unpaired) electrons. The van der Waals surface area contributed by atoms with Gasteiger partial charge in [-0.3, -0.25) is 0 Å². The molecule has 0 saturated heterocycles. The summed E-state index contributed by atoms with van der Waals surface area (Å²) in [5, 5.41) is 3.44. The van der Waals surface area contributed by atoms with E-state index in [9.17, 15) is 0 Å². The summed E-state index contributed by atoms with van der Waals surface area (Å²) in [7, 11) is 4.35. The Hall–Kier alpha value is -0.0800. The number of likely N-dealkylation sites (N-methyl/N-ethyl adjacent to an activating group) is 2. The molecule has 0 spiro atoms. The molecule has 1 unspecified atom stereocenters. The first-order chi connectivity index (χ1) is 6.77. The molecule has 14 heavy (non-hydrogen) atoms. The number of nitrogens with one attached hydrogen (secondary N) is 1. The summed E-state index contributed by atoms with van der Waals surface area (Å²) < 4.78 is 0. The summed E-state index contributed by atoms with van der Waals surface area (Å²) in [5.41, 5.74) is 0.